The van der Waals surface area contributed by atoms with E-state index in [1.165, 1.54) is 58.4 Å². The van der Waals surface area contributed by atoms with E-state index in [9.17, 15) is 0 Å². The molecule has 18 heavy (non-hydrogen) atoms. The number of hydrogen-bond acceptors (Lipinski definition) is 3. The summed E-state index contributed by atoms with van der Waals surface area (Å²) < 4.78 is 0. The Hall–Kier alpha value is -0.120. The van der Waals surface area contributed by atoms with E-state index in [4.69, 9.17) is 0 Å². The van der Waals surface area contributed by atoms with E-state index in [1.807, 2.05) is 0 Å². The van der Waals surface area contributed by atoms with E-state index in [2.05, 4.69) is 36.0 Å². The third-order valence-corrected chi connectivity index (χ3v) is 4.68. The third-order valence-electron chi connectivity index (χ3n) is 4.68. The highest BCUT2D eigenvalue weighted by molar-refractivity contribution is 4.86. The zero-order valence-corrected chi connectivity index (χ0v) is 12.5. The lowest BCUT2D eigenvalue weighted by Crippen LogP contribution is -2.48. The van der Waals surface area contributed by atoms with Crippen molar-refractivity contribution in [1.29, 1.82) is 0 Å². The van der Waals surface area contributed by atoms with Gasteiger partial charge in [-0.15, -0.1) is 0 Å². The maximum Gasteiger partial charge on any atom is 0.0209 e. The molecule has 2 saturated heterocycles. The summed E-state index contributed by atoms with van der Waals surface area (Å²) in [5.41, 5.74) is 0. The minimum atomic E-state index is 0.682. The Morgan fingerprint density at radius 1 is 1.22 bits per heavy atom. The summed E-state index contributed by atoms with van der Waals surface area (Å²) in [6.07, 6.45) is 5.42. The molecule has 0 aromatic carbocycles. The quantitative estimate of drug-likeness (QED) is 0.806. The summed E-state index contributed by atoms with van der Waals surface area (Å²) in [5, 5.41) is 3.87. The number of hydrogen-bond donors (Lipinski definition) is 1. The Kier molecular flexibility index (Phi) is 5.46. The molecule has 3 heteroatoms. The first-order valence-electron chi connectivity index (χ1n) is 7.86. The highest BCUT2D eigenvalue weighted by atomic mass is 15.2. The van der Waals surface area contributed by atoms with Gasteiger partial charge in [0, 0.05) is 25.2 Å². The minimum absolute atomic E-state index is 0.682. The summed E-state index contributed by atoms with van der Waals surface area (Å²) in [5.74, 6) is 0.858. The molecular weight excluding hydrogens is 222 g/mol. The maximum atomic E-state index is 3.87. The second-order valence-corrected chi connectivity index (χ2v) is 6.41. The molecule has 2 heterocycles. The average molecular weight is 253 g/mol. The molecule has 0 saturated carbocycles. The fraction of sp³-hybridized carbons (Fsp3) is 1.00. The fourth-order valence-corrected chi connectivity index (χ4v) is 3.60. The predicted octanol–water partition coefficient (Wildman–Crippen LogP) is 1.79. The van der Waals surface area contributed by atoms with Crippen molar-refractivity contribution in [3.8, 4) is 0 Å². The molecule has 106 valence electrons. The normalized spacial score (nSPS) is 32.8. The van der Waals surface area contributed by atoms with Gasteiger partial charge in [0.1, 0.15) is 0 Å². The summed E-state index contributed by atoms with van der Waals surface area (Å²) in [4.78, 5) is 5.10. The molecule has 0 amide bonds. The number of rotatable bonds is 5. The molecule has 1 N–H and O–H groups in total. The lowest BCUT2D eigenvalue weighted by molar-refractivity contribution is 0.147. The molecule has 2 aliphatic rings. The molecule has 3 unspecified atom stereocenters. The molecule has 3 nitrogen and oxygen atoms in total. The van der Waals surface area contributed by atoms with Crippen molar-refractivity contribution >= 4 is 0 Å². The Bertz CT molecular complexity index is 242. The summed E-state index contributed by atoms with van der Waals surface area (Å²) in [7, 11) is 2.23. The van der Waals surface area contributed by atoms with Crippen molar-refractivity contribution in [2.75, 3.05) is 39.8 Å². The van der Waals surface area contributed by atoms with Crippen molar-refractivity contribution in [1.82, 2.24) is 15.1 Å². The van der Waals surface area contributed by atoms with Crippen LogP contribution in [0.4, 0.5) is 0 Å². The van der Waals surface area contributed by atoms with Gasteiger partial charge in [-0.25, -0.2) is 0 Å². The van der Waals surface area contributed by atoms with Crippen LogP contribution in [0.2, 0.25) is 0 Å². The lowest BCUT2D eigenvalue weighted by Gasteiger charge is -2.37. The highest BCUT2D eigenvalue weighted by Crippen LogP contribution is 2.21. The molecule has 0 aromatic rings. The first kappa shape index (κ1) is 14.3. The molecule has 3 atom stereocenters. The summed E-state index contributed by atoms with van der Waals surface area (Å²) in [6.45, 7) is 11.1. The Balaban J connectivity index is 1.75. The van der Waals surface area contributed by atoms with E-state index in [-0.39, 0.29) is 0 Å². The van der Waals surface area contributed by atoms with Crippen molar-refractivity contribution in [3.05, 3.63) is 0 Å². The van der Waals surface area contributed by atoms with Crippen molar-refractivity contribution in [2.45, 2.75) is 51.6 Å². The molecule has 2 aliphatic heterocycles. The average Bonchev–Trinajstić information content (AvgIpc) is 2.75. The standard InChI is InChI=1S/C15H31N3/c1-4-8-18-9-5-6-14(11-18)13(2)16-15-7-10-17(3)12-15/h13-16H,4-12H2,1-3H3. The van der Waals surface area contributed by atoms with Gasteiger partial charge in [0.15, 0.2) is 0 Å². The van der Waals surface area contributed by atoms with Crippen molar-refractivity contribution in [2.24, 2.45) is 5.92 Å². The second-order valence-electron chi connectivity index (χ2n) is 6.41. The van der Waals surface area contributed by atoms with Gasteiger partial charge in [0.2, 0.25) is 0 Å². The monoisotopic (exact) mass is 253 g/mol. The number of nitrogens with zero attached hydrogens (tertiary/aromatic N) is 2. The van der Waals surface area contributed by atoms with Crippen LogP contribution in [-0.2, 0) is 0 Å². The van der Waals surface area contributed by atoms with E-state index in [0.717, 1.165) is 12.0 Å². The van der Waals surface area contributed by atoms with Crippen molar-refractivity contribution in [3.63, 3.8) is 0 Å². The number of likely N-dealkylation sites (tertiary alicyclic amines) is 2. The number of piperidine rings is 1. The Labute approximate surface area is 113 Å². The smallest absolute Gasteiger partial charge is 0.0209 e. The molecule has 0 bridgehead atoms. The molecule has 0 aromatic heterocycles. The van der Waals surface area contributed by atoms with Gasteiger partial charge in [-0.1, -0.05) is 6.92 Å². The topological polar surface area (TPSA) is 18.5 Å². The van der Waals surface area contributed by atoms with Gasteiger partial charge in [-0.05, 0) is 65.2 Å². The molecular formula is C15H31N3. The second kappa shape index (κ2) is 6.88. The van der Waals surface area contributed by atoms with E-state index in [1.54, 1.807) is 0 Å². The Morgan fingerprint density at radius 2 is 2.06 bits per heavy atom. The van der Waals surface area contributed by atoms with Crippen LogP contribution >= 0.6 is 0 Å². The van der Waals surface area contributed by atoms with Crippen LogP contribution in [0.15, 0.2) is 0 Å². The third kappa shape index (κ3) is 3.94. The first-order valence-corrected chi connectivity index (χ1v) is 7.86. The SMILES string of the molecule is CCCN1CCCC(C(C)NC2CCN(C)C2)C1. The van der Waals surface area contributed by atoms with E-state index in [0.29, 0.717) is 6.04 Å². The molecule has 0 spiro atoms. The van der Waals surface area contributed by atoms with Crippen LogP contribution in [0.5, 0.6) is 0 Å². The van der Waals surface area contributed by atoms with Crippen molar-refractivity contribution < 1.29 is 0 Å². The van der Waals surface area contributed by atoms with Gasteiger partial charge < -0.3 is 15.1 Å². The highest BCUT2D eigenvalue weighted by Gasteiger charge is 2.27. The summed E-state index contributed by atoms with van der Waals surface area (Å²) >= 11 is 0. The fourth-order valence-electron chi connectivity index (χ4n) is 3.60. The largest absolute Gasteiger partial charge is 0.310 e. The van der Waals surface area contributed by atoms with Crippen LogP contribution in [0, 0.1) is 5.92 Å². The zero-order valence-electron chi connectivity index (χ0n) is 12.5. The van der Waals surface area contributed by atoms with Gasteiger partial charge >= 0.3 is 0 Å². The number of nitrogens with one attached hydrogen (secondary N) is 1. The lowest BCUT2D eigenvalue weighted by atomic mass is 9.91. The van der Waals surface area contributed by atoms with Gasteiger partial charge in [-0.2, -0.15) is 0 Å². The molecule has 0 aliphatic carbocycles. The molecule has 2 rings (SSSR count). The zero-order chi connectivity index (χ0) is 13.0. The molecule has 0 radical (unpaired) electrons. The molecule has 2 fully saturated rings. The first-order chi connectivity index (χ1) is 8.69. The van der Waals surface area contributed by atoms with Gasteiger partial charge in [-0.3, -0.25) is 0 Å². The van der Waals surface area contributed by atoms with E-state index >= 15 is 0 Å². The van der Waals surface area contributed by atoms with Gasteiger partial charge in [0.25, 0.3) is 0 Å². The van der Waals surface area contributed by atoms with Crippen LogP contribution in [0.3, 0.4) is 0 Å². The van der Waals surface area contributed by atoms with Crippen LogP contribution in [0.1, 0.15) is 39.5 Å². The Morgan fingerprint density at radius 3 is 2.72 bits per heavy atom. The predicted molar refractivity (Wildman–Crippen MR) is 78.0 cm³/mol. The number of likely N-dealkylation sites (N-methyl/N-ethyl adjacent to an activating group) is 1. The van der Waals surface area contributed by atoms with Crippen LogP contribution < -0.4 is 5.32 Å². The maximum absolute atomic E-state index is 3.87. The van der Waals surface area contributed by atoms with E-state index < -0.39 is 0 Å². The van der Waals surface area contributed by atoms with Crippen LogP contribution in [-0.4, -0.2) is 61.7 Å². The van der Waals surface area contributed by atoms with Gasteiger partial charge in [0.05, 0.1) is 0 Å². The van der Waals surface area contributed by atoms with Crippen LogP contribution in [0.25, 0.3) is 0 Å². The minimum Gasteiger partial charge on any atom is -0.310 e. The summed E-state index contributed by atoms with van der Waals surface area (Å²) in [6, 6.07) is 1.41.